The van der Waals surface area contributed by atoms with Gasteiger partial charge in [-0.15, -0.1) is 11.3 Å². The Balaban J connectivity index is 2.34. The normalized spacial score (nSPS) is 10.2. The van der Waals surface area contributed by atoms with Crippen LogP contribution in [0.1, 0.15) is 24.1 Å². The number of rotatable bonds is 6. The first-order valence-electron chi connectivity index (χ1n) is 5.19. The molecule has 1 aromatic rings. The van der Waals surface area contributed by atoms with Crippen LogP contribution in [0.4, 0.5) is 0 Å². The molecule has 94 valence electrons. The first kappa shape index (κ1) is 14.2. The maximum atomic E-state index is 11.7. The summed E-state index contributed by atoms with van der Waals surface area (Å²) in [6.07, 6.45) is 0.728. The molecule has 0 atom stereocenters. The van der Waals surface area contributed by atoms with Crippen molar-refractivity contribution in [2.24, 2.45) is 0 Å². The third kappa shape index (κ3) is 5.32. The molecular formula is C11H14BrNO3S. The summed E-state index contributed by atoms with van der Waals surface area (Å²) in [5.74, 6) is -0.876. The minimum Gasteiger partial charge on any atom is -0.481 e. The van der Waals surface area contributed by atoms with Crippen molar-refractivity contribution in [3.05, 3.63) is 20.8 Å². The van der Waals surface area contributed by atoms with E-state index < -0.39 is 5.97 Å². The number of aliphatic carboxylic acids is 1. The van der Waals surface area contributed by atoms with Gasteiger partial charge in [0.25, 0.3) is 0 Å². The smallest absolute Gasteiger partial charge is 0.303 e. The lowest BCUT2D eigenvalue weighted by Crippen LogP contribution is -2.25. The molecule has 0 aromatic carbocycles. The van der Waals surface area contributed by atoms with Crippen LogP contribution >= 0.6 is 27.3 Å². The van der Waals surface area contributed by atoms with Gasteiger partial charge in [0, 0.05) is 24.8 Å². The number of nitrogens with zero attached hydrogens (tertiary/aromatic N) is 1. The van der Waals surface area contributed by atoms with E-state index in [0.29, 0.717) is 13.0 Å². The van der Waals surface area contributed by atoms with E-state index in [2.05, 4.69) is 15.9 Å². The van der Waals surface area contributed by atoms with Crippen molar-refractivity contribution in [1.29, 1.82) is 0 Å². The number of carbonyl (C=O) groups excluding carboxylic acids is 1. The molecule has 0 aliphatic rings. The average Bonchev–Trinajstić information content (AvgIpc) is 2.63. The highest BCUT2D eigenvalue weighted by Crippen LogP contribution is 2.23. The van der Waals surface area contributed by atoms with Gasteiger partial charge in [-0.3, -0.25) is 9.59 Å². The molecule has 0 spiro atoms. The van der Waals surface area contributed by atoms with Gasteiger partial charge in [-0.2, -0.15) is 0 Å². The highest BCUT2D eigenvalue weighted by Gasteiger charge is 2.10. The molecule has 0 fully saturated rings. The summed E-state index contributed by atoms with van der Waals surface area (Å²) in [4.78, 5) is 24.7. The summed E-state index contributed by atoms with van der Waals surface area (Å²) >= 11 is 4.96. The largest absolute Gasteiger partial charge is 0.481 e. The summed E-state index contributed by atoms with van der Waals surface area (Å²) < 4.78 is 1.04. The summed E-state index contributed by atoms with van der Waals surface area (Å²) in [7, 11) is 1.73. The van der Waals surface area contributed by atoms with E-state index >= 15 is 0 Å². The highest BCUT2D eigenvalue weighted by molar-refractivity contribution is 9.11. The lowest BCUT2D eigenvalue weighted by atomic mass is 10.2. The zero-order valence-electron chi connectivity index (χ0n) is 9.48. The van der Waals surface area contributed by atoms with Gasteiger partial charge < -0.3 is 10.0 Å². The first-order chi connectivity index (χ1) is 7.99. The molecule has 1 N–H and O–H groups in total. The number of thiophene rings is 1. The fourth-order valence-electron chi connectivity index (χ4n) is 1.34. The first-order valence-corrected chi connectivity index (χ1v) is 6.80. The van der Waals surface area contributed by atoms with Gasteiger partial charge in [-0.05, 0) is 34.5 Å². The van der Waals surface area contributed by atoms with Crippen molar-refractivity contribution in [2.75, 3.05) is 7.05 Å². The van der Waals surface area contributed by atoms with E-state index in [1.54, 1.807) is 23.3 Å². The maximum Gasteiger partial charge on any atom is 0.303 e. The monoisotopic (exact) mass is 319 g/mol. The molecule has 0 aliphatic carbocycles. The molecule has 0 aliphatic heterocycles. The van der Waals surface area contributed by atoms with Gasteiger partial charge >= 0.3 is 5.97 Å². The van der Waals surface area contributed by atoms with Crippen molar-refractivity contribution < 1.29 is 14.7 Å². The number of hydrogen-bond acceptors (Lipinski definition) is 3. The number of halogens is 1. The van der Waals surface area contributed by atoms with Crippen LogP contribution in [-0.2, 0) is 16.1 Å². The van der Waals surface area contributed by atoms with Crippen LogP contribution in [0, 0.1) is 0 Å². The molecule has 6 heteroatoms. The van der Waals surface area contributed by atoms with E-state index in [1.165, 1.54) is 0 Å². The summed E-state index contributed by atoms with van der Waals surface area (Å²) in [6, 6.07) is 3.92. The Morgan fingerprint density at radius 3 is 2.65 bits per heavy atom. The minimum absolute atomic E-state index is 0.0178. The molecule has 0 bridgehead atoms. The predicted molar refractivity (Wildman–Crippen MR) is 70.0 cm³/mol. The van der Waals surface area contributed by atoms with Crippen LogP contribution in [-0.4, -0.2) is 28.9 Å². The van der Waals surface area contributed by atoms with Crippen molar-refractivity contribution in [2.45, 2.75) is 25.8 Å². The molecule has 1 amide bonds. The Kier molecular flexibility index (Phi) is 5.64. The lowest BCUT2D eigenvalue weighted by Gasteiger charge is -2.15. The van der Waals surface area contributed by atoms with E-state index in [0.717, 1.165) is 8.66 Å². The Bertz CT molecular complexity index is 405. The second-order valence-corrected chi connectivity index (χ2v) is 6.25. The van der Waals surface area contributed by atoms with Crippen molar-refractivity contribution in [3.63, 3.8) is 0 Å². The van der Waals surface area contributed by atoms with Crippen LogP contribution in [0.2, 0.25) is 0 Å². The topological polar surface area (TPSA) is 57.6 Å². The van der Waals surface area contributed by atoms with Gasteiger partial charge in [-0.25, -0.2) is 0 Å². The van der Waals surface area contributed by atoms with E-state index in [9.17, 15) is 9.59 Å². The molecule has 1 rings (SSSR count). The molecule has 0 radical (unpaired) electrons. The van der Waals surface area contributed by atoms with Crippen molar-refractivity contribution in [3.8, 4) is 0 Å². The molecule has 0 saturated carbocycles. The summed E-state index contributed by atoms with van der Waals surface area (Å²) in [5, 5.41) is 8.47. The number of amides is 1. The third-order valence-corrected chi connectivity index (χ3v) is 3.84. The number of carboxylic acid groups (broad SMARTS) is 1. The number of hydrogen-bond donors (Lipinski definition) is 1. The predicted octanol–water partition coefficient (Wildman–Crippen LogP) is 2.72. The van der Waals surface area contributed by atoms with Gasteiger partial charge in [0.1, 0.15) is 0 Å². The van der Waals surface area contributed by atoms with Gasteiger partial charge in [0.05, 0.1) is 10.3 Å². The molecule has 0 saturated heterocycles. The van der Waals surface area contributed by atoms with Crippen LogP contribution in [0.25, 0.3) is 0 Å². The second kappa shape index (κ2) is 6.76. The highest BCUT2D eigenvalue weighted by atomic mass is 79.9. The lowest BCUT2D eigenvalue weighted by molar-refractivity contribution is -0.137. The number of carbonyl (C=O) groups is 2. The van der Waals surface area contributed by atoms with Crippen LogP contribution in [0.3, 0.4) is 0 Å². The molecular weight excluding hydrogens is 306 g/mol. The van der Waals surface area contributed by atoms with Crippen LogP contribution in [0.15, 0.2) is 15.9 Å². The average molecular weight is 320 g/mol. The van der Waals surface area contributed by atoms with Gasteiger partial charge in [-0.1, -0.05) is 0 Å². The molecule has 4 nitrogen and oxygen atoms in total. The van der Waals surface area contributed by atoms with E-state index in [-0.39, 0.29) is 18.7 Å². The van der Waals surface area contributed by atoms with E-state index in [1.807, 2.05) is 12.1 Å². The van der Waals surface area contributed by atoms with Crippen LogP contribution < -0.4 is 0 Å². The second-order valence-electron chi connectivity index (χ2n) is 3.70. The minimum atomic E-state index is -0.859. The fourth-order valence-corrected chi connectivity index (χ4v) is 2.88. The van der Waals surface area contributed by atoms with Gasteiger partial charge in [0.2, 0.25) is 5.91 Å². The maximum absolute atomic E-state index is 11.7. The Morgan fingerprint density at radius 1 is 1.41 bits per heavy atom. The third-order valence-electron chi connectivity index (χ3n) is 2.23. The molecule has 17 heavy (non-hydrogen) atoms. The summed E-state index contributed by atoms with van der Waals surface area (Å²) in [6.45, 7) is 0.572. The number of carboxylic acids is 1. The van der Waals surface area contributed by atoms with Crippen LogP contribution in [0.5, 0.6) is 0 Å². The van der Waals surface area contributed by atoms with Gasteiger partial charge in [0.15, 0.2) is 0 Å². The SMILES string of the molecule is CN(Cc1ccc(Br)s1)C(=O)CCCC(=O)O. The Hall–Kier alpha value is -0.880. The quantitative estimate of drug-likeness (QED) is 0.877. The molecule has 1 aromatic heterocycles. The zero-order valence-corrected chi connectivity index (χ0v) is 11.9. The molecule has 1 heterocycles. The fraction of sp³-hybridized carbons (Fsp3) is 0.455. The van der Waals surface area contributed by atoms with Crippen molar-refractivity contribution in [1.82, 2.24) is 4.90 Å². The zero-order chi connectivity index (χ0) is 12.8. The standard InChI is InChI=1S/C11H14BrNO3S/c1-13(7-8-5-6-9(12)17-8)10(14)3-2-4-11(15)16/h5-6H,2-4,7H2,1H3,(H,15,16). The Labute approximate surface area is 112 Å². The molecule has 0 unspecified atom stereocenters. The van der Waals surface area contributed by atoms with Crippen molar-refractivity contribution >= 4 is 39.1 Å². The summed E-state index contributed by atoms with van der Waals surface area (Å²) in [5.41, 5.74) is 0. The Morgan fingerprint density at radius 2 is 2.12 bits per heavy atom. The van der Waals surface area contributed by atoms with E-state index in [4.69, 9.17) is 5.11 Å².